The Bertz CT molecular complexity index is 993. The predicted molar refractivity (Wildman–Crippen MR) is 105 cm³/mol. The number of carbonyl (C=O) groups excluding carboxylic acids is 1. The number of nitrogens with zero attached hydrogens (tertiary/aromatic N) is 1. The number of carbonyl (C=O) groups is 2. The summed E-state index contributed by atoms with van der Waals surface area (Å²) < 4.78 is 15.9. The molecule has 0 unspecified atom stereocenters. The van der Waals surface area contributed by atoms with Gasteiger partial charge in [-0.1, -0.05) is 17.3 Å². The number of ether oxygens (including phenoxy) is 2. The second-order valence-corrected chi connectivity index (χ2v) is 6.13. The first-order valence-corrected chi connectivity index (χ1v) is 8.77. The molecule has 1 aromatic heterocycles. The van der Waals surface area contributed by atoms with Gasteiger partial charge < -0.3 is 24.4 Å². The molecule has 0 saturated heterocycles. The first-order chi connectivity index (χ1) is 14.0. The van der Waals surface area contributed by atoms with Crippen molar-refractivity contribution in [3.8, 4) is 33.9 Å². The average Bonchev–Trinajstić information content (AvgIpc) is 3.15. The van der Waals surface area contributed by atoms with Crippen LogP contribution in [0, 0.1) is 0 Å². The van der Waals surface area contributed by atoms with Crippen LogP contribution in [0.2, 0.25) is 0 Å². The Morgan fingerprint density at radius 2 is 1.52 bits per heavy atom. The molecule has 1 heterocycles. The monoisotopic (exact) mass is 396 g/mol. The van der Waals surface area contributed by atoms with Gasteiger partial charge in [0.25, 0.3) is 0 Å². The smallest absolute Gasteiger partial charge is 0.322 e. The lowest BCUT2D eigenvalue weighted by atomic mass is 9.98. The molecule has 0 aliphatic carbocycles. The van der Waals surface area contributed by atoms with Crippen LogP contribution in [0.15, 0.2) is 53.1 Å². The van der Waals surface area contributed by atoms with Gasteiger partial charge in [-0.05, 0) is 42.0 Å². The molecule has 29 heavy (non-hydrogen) atoms. The van der Waals surface area contributed by atoms with Gasteiger partial charge in [0, 0.05) is 5.56 Å². The van der Waals surface area contributed by atoms with Gasteiger partial charge in [-0.15, -0.1) is 0 Å². The number of hydrogen-bond acceptors (Lipinski definition) is 6. The van der Waals surface area contributed by atoms with E-state index in [1.807, 2.05) is 24.3 Å². The maximum atomic E-state index is 12.1. The Labute approximate surface area is 167 Å². The number of aliphatic carboxylic acids is 1. The van der Waals surface area contributed by atoms with Gasteiger partial charge in [-0.3, -0.25) is 9.59 Å². The molecule has 3 aromatic rings. The fourth-order valence-electron chi connectivity index (χ4n) is 2.83. The minimum Gasteiger partial charge on any atom is -0.497 e. The maximum absolute atomic E-state index is 12.1. The molecule has 0 aliphatic rings. The predicted octanol–water partition coefficient (Wildman–Crippen LogP) is 2.77. The summed E-state index contributed by atoms with van der Waals surface area (Å²) in [4.78, 5) is 22.8. The number of amides is 1. The van der Waals surface area contributed by atoms with E-state index in [2.05, 4.69) is 10.5 Å². The van der Waals surface area contributed by atoms with E-state index in [1.54, 1.807) is 38.5 Å². The molecule has 3 rings (SSSR count). The van der Waals surface area contributed by atoms with Crippen LogP contribution in [0.4, 0.5) is 0 Å². The van der Waals surface area contributed by atoms with Crippen molar-refractivity contribution in [2.45, 2.75) is 6.42 Å². The fraction of sp³-hybridized carbons (Fsp3) is 0.190. The molecule has 8 heteroatoms. The lowest BCUT2D eigenvalue weighted by Gasteiger charge is -2.07. The molecule has 2 aromatic carbocycles. The van der Waals surface area contributed by atoms with Crippen LogP contribution in [0.1, 0.15) is 5.76 Å². The van der Waals surface area contributed by atoms with Gasteiger partial charge in [-0.25, -0.2) is 0 Å². The third-order valence-electron chi connectivity index (χ3n) is 4.26. The van der Waals surface area contributed by atoms with Gasteiger partial charge in [0.2, 0.25) is 5.91 Å². The number of rotatable bonds is 8. The van der Waals surface area contributed by atoms with Crippen LogP contribution in [-0.4, -0.2) is 42.9 Å². The maximum Gasteiger partial charge on any atom is 0.322 e. The Kier molecular flexibility index (Phi) is 6.13. The number of aromatic nitrogens is 1. The quantitative estimate of drug-likeness (QED) is 0.602. The van der Waals surface area contributed by atoms with Crippen LogP contribution in [0.5, 0.6) is 11.5 Å². The molecule has 0 aliphatic heterocycles. The Morgan fingerprint density at radius 3 is 2.03 bits per heavy atom. The van der Waals surface area contributed by atoms with E-state index >= 15 is 0 Å². The van der Waals surface area contributed by atoms with E-state index in [-0.39, 0.29) is 6.42 Å². The fourth-order valence-corrected chi connectivity index (χ4v) is 2.83. The molecular weight excluding hydrogens is 376 g/mol. The molecule has 0 bridgehead atoms. The highest BCUT2D eigenvalue weighted by molar-refractivity contribution is 5.88. The van der Waals surface area contributed by atoms with Gasteiger partial charge >= 0.3 is 5.97 Å². The van der Waals surface area contributed by atoms with Crippen molar-refractivity contribution in [2.75, 3.05) is 20.8 Å². The van der Waals surface area contributed by atoms with Crippen LogP contribution in [-0.2, 0) is 16.0 Å². The van der Waals surface area contributed by atoms with Gasteiger partial charge in [0.05, 0.1) is 26.2 Å². The average molecular weight is 396 g/mol. The highest BCUT2D eigenvalue weighted by Gasteiger charge is 2.22. The van der Waals surface area contributed by atoms with Crippen LogP contribution >= 0.6 is 0 Å². The van der Waals surface area contributed by atoms with Crippen molar-refractivity contribution < 1.29 is 28.7 Å². The SMILES string of the molecule is COc1ccc(-c2noc(CC(=O)NCC(=O)O)c2-c2ccc(OC)cc2)cc1. The van der Waals surface area contributed by atoms with Crippen LogP contribution < -0.4 is 14.8 Å². The number of hydrogen-bond donors (Lipinski definition) is 2. The Balaban J connectivity index is 2.00. The third-order valence-corrected chi connectivity index (χ3v) is 4.26. The van der Waals surface area contributed by atoms with E-state index in [4.69, 9.17) is 19.1 Å². The highest BCUT2D eigenvalue weighted by atomic mass is 16.5. The van der Waals surface area contributed by atoms with Crippen molar-refractivity contribution >= 4 is 11.9 Å². The number of benzene rings is 2. The summed E-state index contributed by atoms with van der Waals surface area (Å²) in [6.07, 6.45) is -0.141. The Hall–Kier alpha value is -3.81. The molecule has 2 N–H and O–H groups in total. The van der Waals surface area contributed by atoms with Gasteiger partial charge in [0.1, 0.15) is 23.7 Å². The lowest BCUT2D eigenvalue weighted by molar-refractivity contribution is -0.137. The van der Waals surface area contributed by atoms with Gasteiger partial charge in [-0.2, -0.15) is 0 Å². The van der Waals surface area contributed by atoms with Crippen molar-refractivity contribution in [1.29, 1.82) is 0 Å². The Morgan fingerprint density at radius 1 is 0.966 bits per heavy atom. The van der Waals surface area contributed by atoms with Crippen molar-refractivity contribution in [3.63, 3.8) is 0 Å². The molecule has 0 spiro atoms. The molecule has 0 atom stereocenters. The summed E-state index contributed by atoms with van der Waals surface area (Å²) in [5, 5.41) is 15.2. The first-order valence-electron chi connectivity index (χ1n) is 8.77. The minimum atomic E-state index is -1.12. The normalized spacial score (nSPS) is 10.4. The standard InChI is InChI=1S/C21H20N2O6/c1-27-15-7-3-13(4-8-15)20-17(11-18(24)22-12-19(25)26)29-23-21(20)14-5-9-16(28-2)10-6-14/h3-10H,11-12H2,1-2H3,(H,22,24)(H,25,26). The van der Waals surface area contributed by atoms with E-state index in [9.17, 15) is 9.59 Å². The van der Waals surface area contributed by atoms with Crippen molar-refractivity contribution in [1.82, 2.24) is 10.5 Å². The molecule has 0 fully saturated rings. The van der Waals surface area contributed by atoms with E-state index in [1.165, 1.54) is 0 Å². The van der Waals surface area contributed by atoms with E-state index in [0.29, 0.717) is 28.5 Å². The highest BCUT2D eigenvalue weighted by Crippen LogP contribution is 2.36. The lowest BCUT2D eigenvalue weighted by Crippen LogP contribution is -2.30. The summed E-state index contributed by atoms with van der Waals surface area (Å²) in [7, 11) is 3.16. The zero-order chi connectivity index (χ0) is 20.8. The van der Waals surface area contributed by atoms with Crippen molar-refractivity contribution in [2.24, 2.45) is 0 Å². The number of carboxylic acid groups (broad SMARTS) is 1. The van der Waals surface area contributed by atoms with Crippen molar-refractivity contribution in [3.05, 3.63) is 54.3 Å². The zero-order valence-corrected chi connectivity index (χ0v) is 16.0. The third kappa shape index (κ3) is 4.73. The number of methoxy groups -OCH3 is 2. The summed E-state index contributed by atoms with van der Waals surface area (Å²) in [6, 6.07) is 14.6. The first kappa shape index (κ1) is 19.9. The number of carboxylic acids is 1. The van der Waals surface area contributed by atoms with Gasteiger partial charge in [0.15, 0.2) is 5.76 Å². The molecule has 8 nitrogen and oxygen atoms in total. The second kappa shape index (κ2) is 8.92. The minimum absolute atomic E-state index is 0.141. The van der Waals surface area contributed by atoms with E-state index < -0.39 is 18.4 Å². The molecule has 0 saturated carbocycles. The molecule has 0 radical (unpaired) electrons. The van der Waals surface area contributed by atoms with Crippen LogP contribution in [0.25, 0.3) is 22.4 Å². The summed E-state index contributed by atoms with van der Waals surface area (Å²) >= 11 is 0. The topological polar surface area (TPSA) is 111 Å². The van der Waals surface area contributed by atoms with E-state index in [0.717, 1.165) is 11.1 Å². The molecule has 150 valence electrons. The molecular formula is C21H20N2O6. The zero-order valence-electron chi connectivity index (χ0n) is 16.0. The summed E-state index contributed by atoms with van der Waals surface area (Å²) in [5.41, 5.74) is 2.80. The summed E-state index contributed by atoms with van der Waals surface area (Å²) in [5.74, 6) is 0.141. The molecule has 1 amide bonds. The summed E-state index contributed by atoms with van der Waals surface area (Å²) in [6.45, 7) is -0.462. The second-order valence-electron chi connectivity index (χ2n) is 6.13. The number of nitrogens with one attached hydrogen (secondary N) is 1. The van der Waals surface area contributed by atoms with Crippen LogP contribution in [0.3, 0.4) is 0 Å². The largest absolute Gasteiger partial charge is 0.497 e.